The minimum absolute atomic E-state index is 0.632. The summed E-state index contributed by atoms with van der Waals surface area (Å²) in [5.74, 6) is 0.825. The van der Waals surface area contributed by atoms with Crippen molar-refractivity contribution in [2.45, 2.75) is 12.1 Å². The van der Waals surface area contributed by atoms with Gasteiger partial charge in [-0.25, -0.2) is 0 Å². The maximum Gasteiger partial charge on any atom is 0.114 e. The van der Waals surface area contributed by atoms with Crippen molar-refractivity contribution in [2.75, 3.05) is 7.11 Å². The zero-order chi connectivity index (χ0) is 7.61. The molecule has 4 N–H and O–H groups in total. The summed E-state index contributed by atoms with van der Waals surface area (Å²) in [6.07, 6.45) is 6.03. The number of rotatable bonds is 1. The van der Waals surface area contributed by atoms with Gasteiger partial charge >= 0.3 is 0 Å². The van der Waals surface area contributed by atoms with Gasteiger partial charge in [0, 0.05) is 6.42 Å². The molecule has 10 heavy (non-hydrogen) atoms. The summed E-state index contributed by atoms with van der Waals surface area (Å²) in [7, 11) is 1.62. The van der Waals surface area contributed by atoms with Crippen molar-refractivity contribution in [3.63, 3.8) is 0 Å². The van der Waals surface area contributed by atoms with E-state index in [-0.39, 0.29) is 0 Å². The SMILES string of the molecule is COC1=CCC(N)(N)C=C1. The summed E-state index contributed by atoms with van der Waals surface area (Å²) in [5, 5.41) is 0. The van der Waals surface area contributed by atoms with E-state index in [4.69, 9.17) is 16.2 Å². The first kappa shape index (κ1) is 7.31. The van der Waals surface area contributed by atoms with Crippen LogP contribution in [0.5, 0.6) is 0 Å². The van der Waals surface area contributed by atoms with E-state index in [0.717, 1.165) is 5.76 Å². The van der Waals surface area contributed by atoms with Crippen molar-refractivity contribution >= 4 is 0 Å². The third-order valence-electron chi connectivity index (χ3n) is 1.45. The average molecular weight is 140 g/mol. The number of ether oxygens (including phenoxy) is 1. The van der Waals surface area contributed by atoms with E-state index < -0.39 is 5.66 Å². The molecular weight excluding hydrogens is 128 g/mol. The van der Waals surface area contributed by atoms with Crippen molar-refractivity contribution in [3.05, 3.63) is 24.0 Å². The van der Waals surface area contributed by atoms with Gasteiger partial charge in [-0.1, -0.05) is 0 Å². The van der Waals surface area contributed by atoms with Crippen LogP contribution in [0, 0.1) is 0 Å². The van der Waals surface area contributed by atoms with Gasteiger partial charge in [-0.15, -0.1) is 0 Å². The van der Waals surface area contributed by atoms with E-state index in [1.54, 1.807) is 19.3 Å². The van der Waals surface area contributed by atoms with Crippen LogP contribution in [-0.4, -0.2) is 12.8 Å². The average Bonchev–Trinajstić information content (AvgIpc) is 1.88. The summed E-state index contributed by atoms with van der Waals surface area (Å²) >= 11 is 0. The van der Waals surface area contributed by atoms with Crippen molar-refractivity contribution in [1.29, 1.82) is 0 Å². The van der Waals surface area contributed by atoms with Gasteiger partial charge in [-0.2, -0.15) is 0 Å². The molecule has 0 atom stereocenters. The van der Waals surface area contributed by atoms with Crippen LogP contribution in [-0.2, 0) is 4.74 Å². The fourth-order valence-electron chi connectivity index (χ4n) is 0.802. The molecule has 0 amide bonds. The minimum Gasteiger partial charge on any atom is -0.497 e. The molecule has 56 valence electrons. The zero-order valence-corrected chi connectivity index (χ0v) is 6.00. The molecule has 1 rings (SSSR count). The predicted octanol–water partition coefficient (Wildman–Crippen LogP) is 0.0903. The second kappa shape index (κ2) is 2.44. The molecule has 0 aromatic carbocycles. The van der Waals surface area contributed by atoms with Crippen LogP contribution in [0.4, 0.5) is 0 Å². The maximum atomic E-state index is 5.59. The molecule has 0 saturated carbocycles. The van der Waals surface area contributed by atoms with E-state index in [0.29, 0.717) is 6.42 Å². The van der Waals surface area contributed by atoms with Crippen molar-refractivity contribution in [3.8, 4) is 0 Å². The maximum absolute atomic E-state index is 5.59. The standard InChI is InChI=1S/C7H12N2O/c1-10-6-2-4-7(8,9)5-3-6/h2-4H,5,8-9H2,1H3. The largest absolute Gasteiger partial charge is 0.497 e. The Morgan fingerprint density at radius 3 is 2.70 bits per heavy atom. The first-order valence-corrected chi connectivity index (χ1v) is 3.15. The molecule has 1 aliphatic rings. The Hall–Kier alpha value is -0.800. The number of methoxy groups -OCH3 is 1. The lowest BCUT2D eigenvalue weighted by Gasteiger charge is -2.21. The Morgan fingerprint density at radius 2 is 2.30 bits per heavy atom. The molecule has 0 aromatic heterocycles. The number of hydrogen-bond donors (Lipinski definition) is 2. The van der Waals surface area contributed by atoms with E-state index in [1.165, 1.54) is 0 Å². The summed E-state index contributed by atoms with van der Waals surface area (Å²) in [6.45, 7) is 0. The summed E-state index contributed by atoms with van der Waals surface area (Å²) in [5.41, 5.74) is 10.5. The molecule has 3 heteroatoms. The van der Waals surface area contributed by atoms with Crippen LogP contribution in [0.25, 0.3) is 0 Å². The molecule has 0 heterocycles. The Labute approximate surface area is 60.3 Å². The minimum atomic E-state index is -0.679. The fraction of sp³-hybridized carbons (Fsp3) is 0.429. The number of nitrogens with two attached hydrogens (primary N) is 2. The second-order valence-electron chi connectivity index (χ2n) is 2.46. The lowest BCUT2D eigenvalue weighted by Crippen LogP contribution is -2.47. The lowest BCUT2D eigenvalue weighted by atomic mass is 10.0. The molecule has 0 spiro atoms. The molecule has 0 fully saturated rings. The topological polar surface area (TPSA) is 61.3 Å². The van der Waals surface area contributed by atoms with E-state index in [2.05, 4.69) is 0 Å². The van der Waals surface area contributed by atoms with Crippen molar-refractivity contribution in [2.24, 2.45) is 11.5 Å². The Morgan fingerprint density at radius 1 is 1.60 bits per heavy atom. The molecule has 0 saturated heterocycles. The highest BCUT2D eigenvalue weighted by atomic mass is 16.5. The van der Waals surface area contributed by atoms with Gasteiger partial charge in [0.05, 0.1) is 12.8 Å². The van der Waals surface area contributed by atoms with E-state index in [9.17, 15) is 0 Å². The summed E-state index contributed by atoms with van der Waals surface area (Å²) in [6, 6.07) is 0. The molecule has 0 aromatic rings. The molecule has 3 nitrogen and oxygen atoms in total. The highest BCUT2D eigenvalue weighted by molar-refractivity contribution is 5.23. The quantitative estimate of drug-likeness (QED) is 0.507. The van der Waals surface area contributed by atoms with Gasteiger partial charge in [-0.05, 0) is 18.2 Å². The molecule has 0 radical (unpaired) electrons. The molecular formula is C7H12N2O. The van der Waals surface area contributed by atoms with Crippen LogP contribution in [0.3, 0.4) is 0 Å². The molecule has 0 bridgehead atoms. The fourth-order valence-corrected chi connectivity index (χ4v) is 0.802. The first-order valence-electron chi connectivity index (χ1n) is 3.15. The monoisotopic (exact) mass is 140 g/mol. The zero-order valence-electron chi connectivity index (χ0n) is 6.00. The predicted molar refractivity (Wildman–Crippen MR) is 40.0 cm³/mol. The molecule has 0 unspecified atom stereocenters. The van der Waals surface area contributed by atoms with Crippen LogP contribution in [0.1, 0.15) is 6.42 Å². The Bertz CT molecular complexity index is 182. The van der Waals surface area contributed by atoms with Gasteiger partial charge in [-0.3, -0.25) is 0 Å². The third kappa shape index (κ3) is 1.59. The van der Waals surface area contributed by atoms with Gasteiger partial charge in [0.2, 0.25) is 0 Å². The first-order chi connectivity index (χ1) is 4.64. The van der Waals surface area contributed by atoms with E-state index >= 15 is 0 Å². The van der Waals surface area contributed by atoms with Gasteiger partial charge in [0.1, 0.15) is 5.76 Å². The van der Waals surface area contributed by atoms with Crippen LogP contribution < -0.4 is 11.5 Å². The summed E-state index contributed by atoms with van der Waals surface area (Å²) in [4.78, 5) is 0. The van der Waals surface area contributed by atoms with Crippen LogP contribution >= 0.6 is 0 Å². The van der Waals surface area contributed by atoms with Crippen LogP contribution in [0.15, 0.2) is 24.0 Å². The summed E-state index contributed by atoms with van der Waals surface area (Å²) < 4.78 is 4.95. The van der Waals surface area contributed by atoms with Gasteiger partial charge in [0.15, 0.2) is 0 Å². The third-order valence-corrected chi connectivity index (χ3v) is 1.45. The lowest BCUT2D eigenvalue weighted by molar-refractivity contribution is 0.299. The smallest absolute Gasteiger partial charge is 0.114 e. The normalized spacial score (nSPS) is 22.1. The van der Waals surface area contributed by atoms with Crippen LogP contribution in [0.2, 0.25) is 0 Å². The number of allylic oxidation sites excluding steroid dienone is 1. The Balaban J connectivity index is 2.63. The Kier molecular flexibility index (Phi) is 1.78. The molecule has 1 aliphatic carbocycles. The molecule has 0 aliphatic heterocycles. The van der Waals surface area contributed by atoms with Gasteiger partial charge < -0.3 is 16.2 Å². The van der Waals surface area contributed by atoms with Gasteiger partial charge in [0.25, 0.3) is 0 Å². The number of hydrogen-bond acceptors (Lipinski definition) is 3. The second-order valence-corrected chi connectivity index (χ2v) is 2.46. The highest BCUT2D eigenvalue weighted by Crippen LogP contribution is 2.13. The van der Waals surface area contributed by atoms with E-state index in [1.807, 2.05) is 6.08 Å². The van der Waals surface area contributed by atoms with Crippen molar-refractivity contribution < 1.29 is 4.74 Å². The van der Waals surface area contributed by atoms with Crippen molar-refractivity contribution in [1.82, 2.24) is 0 Å². The highest BCUT2D eigenvalue weighted by Gasteiger charge is 2.16.